The Morgan fingerprint density at radius 1 is 0.968 bits per heavy atom. The molecule has 4 rings (SSSR count). The zero-order valence-electron chi connectivity index (χ0n) is 17.1. The summed E-state index contributed by atoms with van der Waals surface area (Å²) in [6.45, 7) is 1.67. The Kier molecular flexibility index (Phi) is 6.52. The van der Waals surface area contributed by atoms with Crippen molar-refractivity contribution in [1.29, 1.82) is 0 Å². The van der Waals surface area contributed by atoms with Crippen molar-refractivity contribution in [3.05, 3.63) is 84.2 Å². The highest BCUT2D eigenvalue weighted by atomic mass is 16.5. The van der Waals surface area contributed by atoms with Crippen molar-refractivity contribution in [1.82, 2.24) is 9.97 Å². The Morgan fingerprint density at radius 3 is 2.45 bits per heavy atom. The van der Waals surface area contributed by atoms with Crippen LogP contribution in [0.5, 0.6) is 0 Å². The van der Waals surface area contributed by atoms with E-state index in [1.165, 1.54) is 0 Å². The number of ether oxygens (including phenoxy) is 1. The van der Waals surface area contributed by atoms with E-state index in [0.29, 0.717) is 17.2 Å². The lowest BCUT2D eigenvalue weighted by Crippen LogP contribution is -2.39. The quantitative estimate of drug-likeness (QED) is 0.617. The van der Waals surface area contributed by atoms with Crippen molar-refractivity contribution in [2.24, 2.45) is 5.92 Å². The van der Waals surface area contributed by atoms with Gasteiger partial charge in [0, 0.05) is 37.1 Å². The van der Waals surface area contributed by atoms with E-state index in [4.69, 9.17) is 4.74 Å². The topological polar surface area (TPSA) is 84.4 Å². The van der Waals surface area contributed by atoms with Crippen LogP contribution < -0.4 is 10.2 Å². The zero-order valence-corrected chi connectivity index (χ0v) is 17.1. The highest BCUT2D eigenvalue weighted by Gasteiger charge is 2.26. The molecule has 2 aromatic carbocycles. The predicted molar refractivity (Wildman–Crippen MR) is 118 cm³/mol. The van der Waals surface area contributed by atoms with Crippen LogP contribution in [0.15, 0.2) is 73.1 Å². The summed E-state index contributed by atoms with van der Waals surface area (Å²) in [5.41, 5.74) is 1.92. The van der Waals surface area contributed by atoms with E-state index >= 15 is 0 Å². The Bertz CT molecular complexity index is 1020. The summed E-state index contributed by atoms with van der Waals surface area (Å²) in [6.07, 6.45) is 4.89. The first-order chi connectivity index (χ1) is 15.2. The third-order valence-electron chi connectivity index (χ3n) is 5.28. The molecule has 0 unspecified atom stereocenters. The molecule has 0 saturated carbocycles. The number of carbonyl (C=O) groups is 2. The van der Waals surface area contributed by atoms with Gasteiger partial charge in [-0.25, -0.2) is 14.8 Å². The molecule has 0 atom stereocenters. The largest absolute Gasteiger partial charge is 0.457 e. The first-order valence-electron chi connectivity index (χ1n) is 10.3. The molecule has 1 N–H and O–H groups in total. The summed E-state index contributed by atoms with van der Waals surface area (Å²) in [4.78, 5) is 35.7. The van der Waals surface area contributed by atoms with Crippen molar-refractivity contribution in [3.8, 4) is 0 Å². The van der Waals surface area contributed by atoms with Crippen molar-refractivity contribution in [2.75, 3.05) is 23.3 Å². The van der Waals surface area contributed by atoms with E-state index in [0.717, 1.165) is 31.5 Å². The number of anilines is 2. The van der Waals surface area contributed by atoms with Gasteiger partial charge in [0.15, 0.2) is 0 Å². The van der Waals surface area contributed by atoms with Gasteiger partial charge in [0.2, 0.25) is 11.9 Å². The van der Waals surface area contributed by atoms with Crippen LogP contribution in [0.4, 0.5) is 11.6 Å². The van der Waals surface area contributed by atoms with Crippen LogP contribution in [-0.2, 0) is 16.1 Å². The van der Waals surface area contributed by atoms with Crippen LogP contribution in [0, 0.1) is 5.92 Å². The monoisotopic (exact) mass is 416 g/mol. The maximum absolute atomic E-state index is 12.7. The summed E-state index contributed by atoms with van der Waals surface area (Å²) in [6, 6.07) is 18.2. The van der Waals surface area contributed by atoms with Gasteiger partial charge in [0.1, 0.15) is 6.61 Å². The van der Waals surface area contributed by atoms with Gasteiger partial charge in [0.25, 0.3) is 0 Å². The van der Waals surface area contributed by atoms with Crippen molar-refractivity contribution < 1.29 is 14.3 Å². The van der Waals surface area contributed by atoms with Gasteiger partial charge >= 0.3 is 5.97 Å². The fourth-order valence-corrected chi connectivity index (χ4v) is 3.57. The fraction of sp³-hybridized carbons (Fsp3) is 0.250. The molecule has 3 aromatic rings. The normalized spacial score (nSPS) is 14.1. The highest BCUT2D eigenvalue weighted by molar-refractivity contribution is 5.95. The minimum absolute atomic E-state index is 0.0385. The van der Waals surface area contributed by atoms with E-state index in [1.807, 2.05) is 30.3 Å². The number of carbonyl (C=O) groups excluding carboxylic acids is 2. The molecule has 0 bridgehead atoms. The van der Waals surface area contributed by atoms with Gasteiger partial charge in [-0.1, -0.05) is 36.4 Å². The summed E-state index contributed by atoms with van der Waals surface area (Å²) in [7, 11) is 0. The number of nitrogens with zero attached hydrogens (tertiary/aromatic N) is 3. The molecule has 1 amide bonds. The standard InChI is InChI=1S/C24H24N4O3/c29-22(19-10-14-28(15-11-19)24-25-12-5-13-26-24)27-21-9-4-8-20(16-21)23(30)31-17-18-6-2-1-3-7-18/h1-9,12-13,16,19H,10-11,14-15,17H2,(H,27,29). The molecule has 1 aromatic heterocycles. The Morgan fingerprint density at radius 2 is 1.71 bits per heavy atom. The van der Waals surface area contributed by atoms with Crippen LogP contribution in [0.1, 0.15) is 28.8 Å². The lowest BCUT2D eigenvalue weighted by Gasteiger charge is -2.31. The molecule has 1 aliphatic rings. The summed E-state index contributed by atoms with van der Waals surface area (Å²) in [5.74, 6) is 0.149. The number of rotatable bonds is 6. The third-order valence-corrected chi connectivity index (χ3v) is 5.28. The van der Waals surface area contributed by atoms with E-state index in [1.54, 1.807) is 42.7 Å². The van der Waals surface area contributed by atoms with E-state index in [2.05, 4.69) is 20.2 Å². The van der Waals surface area contributed by atoms with Crippen molar-refractivity contribution in [3.63, 3.8) is 0 Å². The van der Waals surface area contributed by atoms with Crippen LogP contribution in [0.3, 0.4) is 0 Å². The molecule has 1 fully saturated rings. The summed E-state index contributed by atoms with van der Waals surface area (Å²) < 4.78 is 5.38. The number of esters is 1. The molecule has 7 nitrogen and oxygen atoms in total. The molecule has 7 heteroatoms. The van der Waals surface area contributed by atoms with E-state index in [-0.39, 0.29) is 18.4 Å². The number of nitrogens with one attached hydrogen (secondary N) is 1. The second-order valence-electron chi connectivity index (χ2n) is 7.44. The molecule has 31 heavy (non-hydrogen) atoms. The van der Waals surface area contributed by atoms with Gasteiger partial charge < -0.3 is 15.0 Å². The van der Waals surface area contributed by atoms with E-state index < -0.39 is 5.97 Å². The number of piperidine rings is 1. The molecule has 0 aliphatic carbocycles. The lowest BCUT2D eigenvalue weighted by molar-refractivity contribution is -0.120. The summed E-state index contributed by atoms with van der Waals surface area (Å²) in [5, 5.41) is 2.94. The SMILES string of the molecule is O=C(OCc1ccccc1)c1cccc(NC(=O)C2CCN(c3ncccn3)CC2)c1. The molecular weight excluding hydrogens is 392 g/mol. The van der Waals surface area contributed by atoms with Gasteiger partial charge in [-0.05, 0) is 42.7 Å². The molecular formula is C24H24N4O3. The first-order valence-corrected chi connectivity index (χ1v) is 10.3. The number of hydrogen-bond donors (Lipinski definition) is 1. The van der Waals surface area contributed by atoms with Gasteiger partial charge in [-0.3, -0.25) is 4.79 Å². The first kappa shape index (κ1) is 20.5. The number of aromatic nitrogens is 2. The van der Waals surface area contributed by atoms with Crippen molar-refractivity contribution in [2.45, 2.75) is 19.4 Å². The number of hydrogen-bond acceptors (Lipinski definition) is 6. The van der Waals surface area contributed by atoms with Crippen LogP contribution in [-0.4, -0.2) is 34.9 Å². The Balaban J connectivity index is 1.30. The van der Waals surface area contributed by atoms with Crippen LogP contribution >= 0.6 is 0 Å². The van der Waals surface area contributed by atoms with Gasteiger partial charge in [0.05, 0.1) is 5.56 Å². The van der Waals surface area contributed by atoms with E-state index in [9.17, 15) is 9.59 Å². The maximum Gasteiger partial charge on any atom is 0.338 e. The van der Waals surface area contributed by atoms with Crippen LogP contribution in [0.25, 0.3) is 0 Å². The fourth-order valence-electron chi connectivity index (χ4n) is 3.57. The summed E-state index contributed by atoms with van der Waals surface area (Å²) >= 11 is 0. The number of benzene rings is 2. The van der Waals surface area contributed by atoms with Crippen molar-refractivity contribution >= 4 is 23.5 Å². The molecule has 1 saturated heterocycles. The third kappa shape index (κ3) is 5.45. The maximum atomic E-state index is 12.7. The molecule has 0 spiro atoms. The Hall–Kier alpha value is -3.74. The van der Waals surface area contributed by atoms with Gasteiger partial charge in [-0.15, -0.1) is 0 Å². The molecule has 158 valence electrons. The second kappa shape index (κ2) is 9.84. The molecule has 0 radical (unpaired) electrons. The average molecular weight is 416 g/mol. The predicted octanol–water partition coefficient (Wildman–Crippen LogP) is 3.69. The smallest absolute Gasteiger partial charge is 0.338 e. The Labute approximate surface area is 181 Å². The lowest BCUT2D eigenvalue weighted by atomic mass is 9.96. The molecule has 2 heterocycles. The average Bonchev–Trinajstić information content (AvgIpc) is 2.84. The second-order valence-corrected chi connectivity index (χ2v) is 7.44. The highest BCUT2D eigenvalue weighted by Crippen LogP contribution is 2.22. The van der Waals surface area contributed by atoms with Crippen LogP contribution in [0.2, 0.25) is 0 Å². The minimum atomic E-state index is -0.420. The zero-order chi connectivity index (χ0) is 21.5. The molecule has 1 aliphatic heterocycles. The van der Waals surface area contributed by atoms with Gasteiger partial charge in [-0.2, -0.15) is 0 Å². The minimum Gasteiger partial charge on any atom is -0.457 e. The number of amides is 1.